The molecular weight excluding hydrogens is 959 g/mol. The van der Waals surface area contributed by atoms with Crippen LogP contribution in [0.5, 0.6) is 0 Å². The Morgan fingerprint density at radius 3 is 1.34 bits per heavy atom. The fourth-order valence-electron chi connectivity index (χ4n) is 12.2. The van der Waals surface area contributed by atoms with Gasteiger partial charge in [-0.3, -0.25) is 0 Å². The van der Waals surface area contributed by atoms with Gasteiger partial charge in [-0.15, -0.1) is 0 Å². The Hall–Kier alpha value is -7.89. The van der Waals surface area contributed by atoms with Crippen LogP contribution in [0.3, 0.4) is 0 Å². The highest BCUT2D eigenvalue weighted by Gasteiger charge is 2.31. The standard InChI is InChI=1S/C74H75N5/c1-46-23-20-28-49(41-46)68-75-69(56-31-21-29-54(47-24-16-14-17-25-47)66(56)78-62-37-33-50(71(2,3)4)42-58(62)59-43-51(72(5,6)7)34-38-63(59)78)77-70(76-68)57-32-22-30-55(48-26-18-15-19-27-48)67(57)79-64-39-35-52(73(8,9)10)44-60(64)61-45-53(74(11,12)13)36-40-65(61)79/h14-22,24-35,37-39,41-46H,23,36,40H2,1-13H3. The third-order valence-electron chi connectivity index (χ3n) is 16.7. The van der Waals surface area contributed by atoms with E-state index in [9.17, 15) is 0 Å². The minimum Gasteiger partial charge on any atom is -0.312 e. The van der Waals surface area contributed by atoms with E-state index in [4.69, 9.17) is 15.0 Å². The van der Waals surface area contributed by atoms with Crippen molar-refractivity contribution in [1.82, 2.24) is 24.1 Å². The Kier molecular flexibility index (Phi) is 12.6. The zero-order chi connectivity index (χ0) is 55.3. The summed E-state index contributed by atoms with van der Waals surface area (Å²) in [5.41, 5.74) is 20.9. The van der Waals surface area contributed by atoms with Gasteiger partial charge in [0.2, 0.25) is 0 Å². The lowest BCUT2D eigenvalue weighted by Crippen LogP contribution is -2.15. The minimum absolute atomic E-state index is 0.0282. The van der Waals surface area contributed by atoms with Gasteiger partial charge in [0, 0.05) is 55.2 Å². The SMILES string of the molecule is CC1C=C(c2nc(-c3cccc(-c4ccccc4)c3-n3c4c(c5cc(C(C)(C)C)ccc53)C=C(C(C)(C)C)CC4)nc(-c3cccc(-c4ccccc4)c3-n3c4ccc(C(C)(C)C)cc4c4cc(C(C)(C)C)ccc43)n2)C=CC1. The van der Waals surface area contributed by atoms with Gasteiger partial charge in [-0.05, 0) is 123 Å². The van der Waals surface area contributed by atoms with E-state index in [-0.39, 0.29) is 21.7 Å². The lowest BCUT2D eigenvalue weighted by Gasteiger charge is -2.27. The summed E-state index contributed by atoms with van der Waals surface area (Å²) in [7, 11) is 0. The van der Waals surface area contributed by atoms with Gasteiger partial charge in [-0.2, -0.15) is 0 Å². The first-order valence-electron chi connectivity index (χ1n) is 28.6. The quantitative estimate of drug-likeness (QED) is 0.160. The lowest BCUT2D eigenvalue weighted by molar-refractivity contribution is 0.483. The van der Waals surface area contributed by atoms with Crippen LogP contribution in [0.2, 0.25) is 0 Å². The van der Waals surface area contributed by atoms with Gasteiger partial charge in [0.15, 0.2) is 17.5 Å². The van der Waals surface area contributed by atoms with Gasteiger partial charge in [-0.1, -0.05) is 223 Å². The Morgan fingerprint density at radius 1 is 0.430 bits per heavy atom. The van der Waals surface area contributed by atoms with Gasteiger partial charge in [0.05, 0.1) is 27.9 Å². The number of para-hydroxylation sites is 2. The molecule has 1 atom stereocenters. The Morgan fingerprint density at radius 2 is 0.873 bits per heavy atom. The monoisotopic (exact) mass is 1030 g/mol. The fraction of sp³-hybridized carbons (Fsp3) is 0.284. The number of hydrogen-bond acceptors (Lipinski definition) is 3. The van der Waals surface area contributed by atoms with E-state index in [1.807, 2.05) is 0 Å². The van der Waals surface area contributed by atoms with Gasteiger partial charge < -0.3 is 9.13 Å². The highest BCUT2D eigenvalue weighted by Crippen LogP contribution is 2.47. The number of fused-ring (bicyclic) bond motifs is 6. The Balaban J connectivity index is 1.20. The molecular formula is C74H75N5. The van der Waals surface area contributed by atoms with Crippen LogP contribution in [-0.4, -0.2) is 24.1 Å². The van der Waals surface area contributed by atoms with E-state index < -0.39 is 0 Å². The first-order valence-corrected chi connectivity index (χ1v) is 28.6. The summed E-state index contributed by atoms with van der Waals surface area (Å²) < 4.78 is 5.07. The van der Waals surface area contributed by atoms with Crippen LogP contribution in [0.1, 0.15) is 137 Å². The minimum atomic E-state index is -0.0425. The molecule has 1 unspecified atom stereocenters. The summed E-state index contributed by atoms with van der Waals surface area (Å²) in [4.78, 5) is 17.1. The first kappa shape index (κ1) is 51.8. The average Bonchev–Trinajstić information content (AvgIpc) is 3.63. The molecule has 10 aromatic rings. The molecule has 2 aliphatic carbocycles. The van der Waals surface area contributed by atoms with E-state index in [1.165, 1.54) is 55.2 Å². The van der Waals surface area contributed by atoms with Crippen molar-refractivity contribution in [3.63, 3.8) is 0 Å². The molecule has 0 aliphatic heterocycles. The van der Waals surface area contributed by atoms with Crippen molar-refractivity contribution in [3.05, 3.63) is 209 Å². The van der Waals surface area contributed by atoms with Crippen LogP contribution in [0.15, 0.2) is 175 Å². The topological polar surface area (TPSA) is 48.5 Å². The summed E-state index contributed by atoms with van der Waals surface area (Å²) in [6.45, 7) is 30.1. The maximum absolute atomic E-state index is 5.82. The van der Waals surface area contributed by atoms with Crippen LogP contribution >= 0.6 is 0 Å². The second-order valence-corrected chi connectivity index (χ2v) is 26.6. The number of benzene rings is 7. The highest BCUT2D eigenvalue weighted by atomic mass is 15.1. The van der Waals surface area contributed by atoms with Crippen molar-refractivity contribution in [1.29, 1.82) is 0 Å². The van der Waals surface area contributed by atoms with Crippen molar-refractivity contribution >= 4 is 44.4 Å². The van der Waals surface area contributed by atoms with Crippen molar-refractivity contribution in [2.45, 2.75) is 126 Å². The van der Waals surface area contributed by atoms with Gasteiger partial charge >= 0.3 is 0 Å². The third kappa shape index (κ3) is 9.39. The van der Waals surface area contributed by atoms with Crippen molar-refractivity contribution in [3.8, 4) is 56.4 Å². The molecule has 0 radical (unpaired) electrons. The number of nitrogens with zero attached hydrogens (tertiary/aromatic N) is 5. The molecule has 5 nitrogen and oxygen atoms in total. The summed E-state index contributed by atoms with van der Waals surface area (Å²) >= 11 is 0. The molecule has 3 aromatic heterocycles. The van der Waals surface area contributed by atoms with Gasteiger partial charge in [0.1, 0.15) is 0 Å². The number of aromatic nitrogens is 5. The predicted molar refractivity (Wildman–Crippen MR) is 335 cm³/mol. The van der Waals surface area contributed by atoms with Gasteiger partial charge in [0.25, 0.3) is 0 Å². The van der Waals surface area contributed by atoms with Crippen molar-refractivity contribution in [2.24, 2.45) is 11.3 Å². The fourth-order valence-corrected chi connectivity index (χ4v) is 12.2. The van der Waals surface area contributed by atoms with E-state index in [1.54, 1.807) is 0 Å². The molecule has 0 N–H and O–H groups in total. The van der Waals surface area contributed by atoms with Crippen LogP contribution in [-0.2, 0) is 22.7 Å². The van der Waals surface area contributed by atoms with E-state index >= 15 is 0 Å². The number of hydrogen-bond donors (Lipinski definition) is 0. The van der Waals surface area contributed by atoms with Gasteiger partial charge in [-0.25, -0.2) is 15.0 Å². The Labute approximate surface area is 468 Å². The second-order valence-electron chi connectivity index (χ2n) is 26.6. The molecule has 0 saturated carbocycles. The van der Waals surface area contributed by atoms with Crippen LogP contribution in [0.25, 0.3) is 101 Å². The smallest absolute Gasteiger partial charge is 0.166 e. The zero-order valence-corrected chi connectivity index (χ0v) is 48.7. The normalized spacial score (nSPS) is 15.2. The predicted octanol–water partition coefficient (Wildman–Crippen LogP) is 19.8. The molecule has 2 aliphatic rings. The number of rotatable bonds is 7. The summed E-state index contributed by atoms with van der Waals surface area (Å²) in [5, 5.41) is 3.74. The molecule has 5 heteroatoms. The van der Waals surface area contributed by atoms with Crippen LogP contribution in [0, 0.1) is 11.3 Å². The first-order chi connectivity index (χ1) is 37.6. The molecule has 0 amide bonds. The van der Waals surface area contributed by atoms with Crippen molar-refractivity contribution < 1.29 is 0 Å². The van der Waals surface area contributed by atoms with E-state index in [2.05, 4.69) is 275 Å². The Bertz CT molecular complexity index is 4060. The maximum atomic E-state index is 5.82. The zero-order valence-electron chi connectivity index (χ0n) is 48.7. The molecule has 0 bridgehead atoms. The molecule has 0 fully saturated rings. The third-order valence-corrected chi connectivity index (χ3v) is 16.7. The van der Waals surface area contributed by atoms with Crippen LogP contribution in [0.4, 0.5) is 0 Å². The molecule has 7 aromatic carbocycles. The lowest BCUT2D eigenvalue weighted by atomic mass is 9.79. The second kappa shape index (κ2) is 19.2. The van der Waals surface area contributed by atoms with E-state index in [0.717, 1.165) is 80.6 Å². The van der Waals surface area contributed by atoms with E-state index in [0.29, 0.717) is 23.4 Å². The molecule has 3 heterocycles. The summed E-state index contributed by atoms with van der Waals surface area (Å²) in [6, 6.07) is 56.5. The molecule has 79 heavy (non-hydrogen) atoms. The number of allylic oxidation sites excluding steroid dienone is 5. The molecule has 0 saturated heterocycles. The largest absolute Gasteiger partial charge is 0.312 e. The average molecular weight is 1030 g/mol. The molecule has 0 spiro atoms. The maximum Gasteiger partial charge on any atom is 0.166 e. The van der Waals surface area contributed by atoms with Crippen LogP contribution < -0.4 is 0 Å². The summed E-state index contributed by atoms with van der Waals surface area (Å²) in [5.74, 6) is 2.24. The summed E-state index contributed by atoms with van der Waals surface area (Å²) in [6.07, 6.45) is 12.2. The highest BCUT2D eigenvalue weighted by molar-refractivity contribution is 6.11. The molecule has 396 valence electrons. The van der Waals surface area contributed by atoms with Crippen molar-refractivity contribution in [2.75, 3.05) is 0 Å². The molecule has 12 rings (SSSR count).